The number of rotatable bonds is 6. The number of hydrogen-bond donors (Lipinski definition) is 1. The van der Waals surface area contributed by atoms with Gasteiger partial charge in [-0.3, -0.25) is 0 Å². The van der Waals surface area contributed by atoms with Crippen molar-refractivity contribution in [2.75, 3.05) is 19.5 Å². The van der Waals surface area contributed by atoms with Gasteiger partial charge in [0.25, 0.3) is 0 Å². The van der Waals surface area contributed by atoms with Crippen LogP contribution in [0.2, 0.25) is 0 Å². The van der Waals surface area contributed by atoms with Gasteiger partial charge in [-0.25, -0.2) is 4.79 Å². The standard InChI is InChI=1S/C21H28N2O4/c1-15(19-10-7-13-27-19)23(16-8-5-4-6-9-16)21(24)22-18-12-11-17(25-2)14-20(18)26-3/h7,10-16H,4-6,8-9H2,1-3H3,(H,22,24)/t15-/m1/s1. The summed E-state index contributed by atoms with van der Waals surface area (Å²) in [6.07, 6.45) is 7.19. The smallest absolute Gasteiger partial charge is 0.322 e. The number of nitrogens with zero attached hydrogens (tertiary/aromatic N) is 1. The Hall–Kier alpha value is -2.63. The Bertz CT molecular complexity index is 739. The first-order chi connectivity index (χ1) is 13.1. The van der Waals surface area contributed by atoms with E-state index < -0.39 is 0 Å². The average molecular weight is 372 g/mol. The molecule has 0 spiro atoms. The summed E-state index contributed by atoms with van der Waals surface area (Å²) >= 11 is 0. The van der Waals surface area contributed by atoms with Crippen molar-refractivity contribution >= 4 is 11.7 Å². The maximum absolute atomic E-state index is 13.3. The third kappa shape index (κ3) is 4.38. The first-order valence-corrected chi connectivity index (χ1v) is 9.48. The van der Waals surface area contributed by atoms with E-state index in [0.717, 1.165) is 31.4 Å². The van der Waals surface area contributed by atoms with Gasteiger partial charge in [-0.05, 0) is 44.0 Å². The van der Waals surface area contributed by atoms with Crippen LogP contribution in [0.25, 0.3) is 0 Å². The van der Waals surface area contributed by atoms with Gasteiger partial charge < -0.3 is 24.1 Å². The van der Waals surface area contributed by atoms with Gasteiger partial charge in [0.05, 0.1) is 32.2 Å². The van der Waals surface area contributed by atoms with Gasteiger partial charge in [0.1, 0.15) is 17.3 Å². The van der Waals surface area contributed by atoms with E-state index in [1.807, 2.05) is 24.0 Å². The Morgan fingerprint density at radius 1 is 1.19 bits per heavy atom. The lowest BCUT2D eigenvalue weighted by molar-refractivity contribution is 0.130. The lowest BCUT2D eigenvalue weighted by Gasteiger charge is -2.37. The van der Waals surface area contributed by atoms with Gasteiger partial charge in [-0.1, -0.05) is 19.3 Å². The molecule has 0 unspecified atom stereocenters. The Morgan fingerprint density at radius 3 is 2.59 bits per heavy atom. The van der Waals surface area contributed by atoms with Gasteiger partial charge >= 0.3 is 6.03 Å². The molecule has 0 aliphatic heterocycles. The summed E-state index contributed by atoms with van der Waals surface area (Å²) in [5.41, 5.74) is 0.621. The van der Waals surface area contributed by atoms with Gasteiger partial charge in [-0.15, -0.1) is 0 Å². The van der Waals surface area contributed by atoms with E-state index in [1.165, 1.54) is 6.42 Å². The van der Waals surface area contributed by atoms with E-state index in [0.29, 0.717) is 17.2 Å². The van der Waals surface area contributed by atoms with Crippen molar-refractivity contribution in [2.24, 2.45) is 0 Å². The molecule has 1 aromatic carbocycles. The molecular formula is C21H28N2O4. The highest BCUT2D eigenvalue weighted by Gasteiger charge is 2.32. The molecule has 0 bridgehead atoms. The third-order valence-corrected chi connectivity index (χ3v) is 5.23. The van der Waals surface area contributed by atoms with E-state index in [4.69, 9.17) is 13.9 Å². The van der Waals surface area contributed by atoms with Crippen LogP contribution in [0.5, 0.6) is 11.5 Å². The van der Waals surface area contributed by atoms with Crippen LogP contribution in [0, 0.1) is 0 Å². The molecule has 1 saturated carbocycles. The number of ether oxygens (including phenoxy) is 2. The zero-order valence-corrected chi connectivity index (χ0v) is 16.2. The minimum Gasteiger partial charge on any atom is -0.497 e. The summed E-state index contributed by atoms with van der Waals surface area (Å²) in [6, 6.07) is 9.04. The Kier molecular flexibility index (Phi) is 6.27. The van der Waals surface area contributed by atoms with Crippen LogP contribution in [-0.4, -0.2) is 31.2 Å². The topological polar surface area (TPSA) is 63.9 Å². The Labute approximate surface area is 160 Å². The lowest BCUT2D eigenvalue weighted by atomic mass is 9.93. The number of anilines is 1. The molecule has 0 saturated heterocycles. The number of furan rings is 1. The summed E-state index contributed by atoms with van der Waals surface area (Å²) in [7, 11) is 3.18. The highest BCUT2D eigenvalue weighted by Crippen LogP contribution is 2.33. The van der Waals surface area contributed by atoms with Crippen molar-refractivity contribution in [3.8, 4) is 11.5 Å². The number of nitrogens with one attached hydrogen (secondary N) is 1. The minimum atomic E-state index is -0.146. The molecule has 6 nitrogen and oxygen atoms in total. The second-order valence-electron chi connectivity index (χ2n) is 6.89. The highest BCUT2D eigenvalue weighted by atomic mass is 16.5. The molecule has 2 amide bonds. The first kappa shape index (κ1) is 19.1. The lowest BCUT2D eigenvalue weighted by Crippen LogP contribution is -2.45. The zero-order valence-electron chi connectivity index (χ0n) is 16.2. The van der Waals surface area contributed by atoms with E-state index in [-0.39, 0.29) is 18.1 Å². The number of carbonyl (C=O) groups is 1. The second kappa shape index (κ2) is 8.84. The molecule has 1 aliphatic carbocycles. The molecule has 1 heterocycles. The van der Waals surface area contributed by atoms with Crippen LogP contribution in [0.1, 0.15) is 50.8 Å². The van der Waals surface area contributed by atoms with Crippen LogP contribution in [-0.2, 0) is 0 Å². The fourth-order valence-corrected chi connectivity index (χ4v) is 3.76. The zero-order chi connectivity index (χ0) is 19.2. The van der Waals surface area contributed by atoms with Crippen LogP contribution < -0.4 is 14.8 Å². The van der Waals surface area contributed by atoms with Crippen LogP contribution in [0.15, 0.2) is 41.0 Å². The predicted molar refractivity (Wildman–Crippen MR) is 104 cm³/mol. The Balaban J connectivity index is 1.84. The number of methoxy groups -OCH3 is 2. The Morgan fingerprint density at radius 2 is 1.96 bits per heavy atom. The van der Waals surface area contributed by atoms with E-state index in [9.17, 15) is 4.79 Å². The SMILES string of the molecule is COc1ccc(NC(=O)N(C2CCCCC2)[C@H](C)c2ccco2)c(OC)c1. The molecule has 1 N–H and O–H groups in total. The average Bonchev–Trinajstić information content (AvgIpc) is 3.24. The van der Waals surface area contributed by atoms with Crippen LogP contribution in [0.4, 0.5) is 10.5 Å². The van der Waals surface area contributed by atoms with E-state index in [1.54, 1.807) is 38.7 Å². The van der Waals surface area contributed by atoms with Gasteiger partial charge in [0.2, 0.25) is 0 Å². The van der Waals surface area contributed by atoms with Crippen LogP contribution >= 0.6 is 0 Å². The normalized spacial score (nSPS) is 15.8. The van der Waals surface area contributed by atoms with Crippen molar-refractivity contribution in [1.82, 2.24) is 4.90 Å². The fraction of sp³-hybridized carbons (Fsp3) is 0.476. The van der Waals surface area contributed by atoms with Crippen molar-refractivity contribution in [3.63, 3.8) is 0 Å². The largest absolute Gasteiger partial charge is 0.497 e. The number of hydrogen-bond acceptors (Lipinski definition) is 4. The van der Waals surface area contributed by atoms with Crippen molar-refractivity contribution in [3.05, 3.63) is 42.4 Å². The van der Waals surface area contributed by atoms with E-state index in [2.05, 4.69) is 5.32 Å². The molecule has 1 atom stereocenters. The first-order valence-electron chi connectivity index (χ1n) is 9.48. The van der Waals surface area contributed by atoms with Gasteiger partial charge in [-0.2, -0.15) is 0 Å². The minimum absolute atomic E-state index is 0.144. The third-order valence-electron chi connectivity index (χ3n) is 5.23. The molecular weight excluding hydrogens is 344 g/mol. The van der Waals surface area contributed by atoms with E-state index >= 15 is 0 Å². The molecule has 146 valence electrons. The summed E-state index contributed by atoms with van der Waals surface area (Å²) in [6.45, 7) is 2.01. The highest BCUT2D eigenvalue weighted by molar-refractivity contribution is 5.91. The van der Waals surface area contributed by atoms with Crippen molar-refractivity contribution < 1.29 is 18.7 Å². The quantitative estimate of drug-likeness (QED) is 0.754. The monoisotopic (exact) mass is 372 g/mol. The molecule has 3 rings (SSSR count). The summed E-state index contributed by atoms with van der Waals surface area (Å²) in [5, 5.41) is 3.02. The number of urea groups is 1. The number of benzene rings is 1. The van der Waals surface area contributed by atoms with Gasteiger partial charge in [0, 0.05) is 12.1 Å². The van der Waals surface area contributed by atoms with Crippen molar-refractivity contribution in [1.29, 1.82) is 0 Å². The molecule has 1 aliphatic rings. The molecule has 1 fully saturated rings. The summed E-state index contributed by atoms with van der Waals surface area (Å²) < 4.78 is 16.2. The number of carbonyl (C=O) groups excluding carboxylic acids is 1. The summed E-state index contributed by atoms with van der Waals surface area (Å²) in [5.74, 6) is 2.03. The molecule has 1 aromatic heterocycles. The summed E-state index contributed by atoms with van der Waals surface area (Å²) in [4.78, 5) is 15.2. The molecule has 2 aromatic rings. The maximum Gasteiger partial charge on any atom is 0.322 e. The molecule has 27 heavy (non-hydrogen) atoms. The van der Waals surface area contributed by atoms with Crippen LogP contribution in [0.3, 0.4) is 0 Å². The second-order valence-corrected chi connectivity index (χ2v) is 6.89. The molecule has 0 radical (unpaired) electrons. The van der Waals surface area contributed by atoms with Gasteiger partial charge in [0.15, 0.2) is 0 Å². The maximum atomic E-state index is 13.3. The predicted octanol–water partition coefficient (Wildman–Crippen LogP) is 5.22. The van der Waals surface area contributed by atoms with Crippen molar-refractivity contribution in [2.45, 2.75) is 51.1 Å². The molecule has 6 heteroatoms. The number of amides is 2. The fourth-order valence-electron chi connectivity index (χ4n) is 3.76.